The van der Waals surface area contributed by atoms with Crippen molar-refractivity contribution in [2.45, 2.75) is 38.9 Å². The van der Waals surface area contributed by atoms with Crippen molar-refractivity contribution < 1.29 is 4.79 Å². The molecule has 0 fully saturated rings. The molecule has 140 valence electrons. The summed E-state index contributed by atoms with van der Waals surface area (Å²) in [6.45, 7) is 6.49. The lowest BCUT2D eigenvalue weighted by Crippen LogP contribution is -2.16. The Morgan fingerprint density at radius 3 is 2.59 bits per heavy atom. The summed E-state index contributed by atoms with van der Waals surface area (Å²) in [5.41, 5.74) is 4.87. The number of aryl methyl sites for hydroxylation is 4. The van der Waals surface area contributed by atoms with Gasteiger partial charge >= 0.3 is 0 Å². The van der Waals surface area contributed by atoms with Crippen molar-refractivity contribution in [3.63, 3.8) is 0 Å². The predicted octanol–water partition coefficient (Wildman–Crippen LogP) is 3.82. The summed E-state index contributed by atoms with van der Waals surface area (Å²) < 4.78 is 1.94. The Labute approximate surface area is 163 Å². The zero-order valence-corrected chi connectivity index (χ0v) is 16.8. The van der Waals surface area contributed by atoms with E-state index in [-0.39, 0.29) is 5.91 Å². The third-order valence-electron chi connectivity index (χ3n) is 4.32. The van der Waals surface area contributed by atoms with Crippen molar-refractivity contribution >= 4 is 23.4 Å². The molecular formula is C20H23N5OS. The Balaban J connectivity index is 1.76. The van der Waals surface area contributed by atoms with Gasteiger partial charge in [-0.2, -0.15) is 5.10 Å². The average Bonchev–Trinajstić information content (AvgIpc) is 2.94. The van der Waals surface area contributed by atoms with Gasteiger partial charge in [-0.25, -0.2) is 9.97 Å². The minimum absolute atomic E-state index is 0.246. The first-order valence-electron chi connectivity index (χ1n) is 8.77. The highest BCUT2D eigenvalue weighted by Crippen LogP contribution is 2.21. The molecule has 1 amide bonds. The van der Waals surface area contributed by atoms with E-state index in [2.05, 4.69) is 32.5 Å². The van der Waals surface area contributed by atoms with Gasteiger partial charge in [0, 0.05) is 12.2 Å². The first-order valence-corrected chi connectivity index (χ1v) is 9.99. The van der Waals surface area contributed by atoms with Crippen molar-refractivity contribution in [2.75, 3.05) is 11.6 Å². The van der Waals surface area contributed by atoms with Crippen LogP contribution in [0.2, 0.25) is 0 Å². The highest BCUT2D eigenvalue weighted by molar-refractivity contribution is 7.98. The third kappa shape index (κ3) is 4.54. The van der Waals surface area contributed by atoms with E-state index in [0.29, 0.717) is 10.9 Å². The number of anilines is 1. The second kappa shape index (κ2) is 8.35. The van der Waals surface area contributed by atoms with Crippen LogP contribution < -0.4 is 5.32 Å². The van der Waals surface area contributed by atoms with E-state index in [9.17, 15) is 4.79 Å². The Morgan fingerprint density at radius 2 is 1.89 bits per heavy atom. The van der Waals surface area contributed by atoms with Crippen LogP contribution in [-0.2, 0) is 13.0 Å². The molecule has 0 saturated heterocycles. The topological polar surface area (TPSA) is 72.7 Å². The molecular weight excluding hydrogens is 358 g/mol. The van der Waals surface area contributed by atoms with Crippen LogP contribution in [0.1, 0.15) is 33.1 Å². The van der Waals surface area contributed by atoms with Crippen molar-refractivity contribution in [3.05, 3.63) is 64.7 Å². The minimum atomic E-state index is -0.246. The molecule has 27 heavy (non-hydrogen) atoms. The largest absolute Gasteiger partial charge is 0.317 e. The Morgan fingerprint density at radius 1 is 1.15 bits per heavy atom. The van der Waals surface area contributed by atoms with Gasteiger partial charge < -0.3 is 5.32 Å². The van der Waals surface area contributed by atoms with Gasteiger partial charge in [0.15, 0.2) is 5.16 Å². The second-order valence-electron chi connectivity index (χ2n) is 6.34. The molecule has 1 aromatic carbocycles. The quantitative estimate of drug-likeness (QED) is 0.519. The molecule has 0 saturated carbocycles. The molecule has 0 aliphatic rings. The van der Waals surface area contributed by atoms with E-state index in [1.54, 1.807) is 6.07 Å². The summed E-state index contributed by atoms with van der Waals surface area (Å²) in [6, 6.07) is 12.0. The highest BCUT2D eigenvalue weighted by atomic mass is 32.2. The van der Waals surface area contributed by atoms with Crippen molar-refractivity contribution in [2.24, 2.45) is 0 Å². The summed E-state index contributed by atoms with van der Waals surface area (Å²) in [4.78, 5) is 21.3. The molecule has 6 nitrogen and oxygen atoms in total. The first kappa shape index (κ1) is 19.1. The van der Waals surface area contributed by atoms with Gasteiger partial charge in [0.25, 0.3) is 5.91 Å². The fraction of sp³-hybridized carbons (Fsp3) is 0.300. The number of thioether (sulfide) groups is 1. The van der Waals surface area contributed by atoms with Crippen molar-refractivity contribution in [3.8, 4) is 0 Å². The number of rotatable bonds is 6. The van der Waals surface area contributed by atoms with Gasteiger partial charge in [0.1, 0.15) is 5.69 Å². The van der Waals surface area contributed by atoms with Crippen LogP contribution in [0.5, 0.6) is 0 Å². The SMILES string of the molecule is CSc1nc(C)cc(C(=O)Nc2c(C)nn(CCc3ccccc3)c2C)n1. The van der Waals surface area contributed by atoms with Crippen molar-refractivity contribution in [1.82, 2.24) is 19.7 Å². The smallest absolute Gasteiger partial charge is 0.274 e. The van der Waals surface area contributed by atoms with E-state index in [1.165, 1.54) is 17.3 Å². The molecule has 7 heteroatoms. The zero-order valence-electron chi connectivity index (χ0n) is 16.0. The maximum Gasteiger partial charge on any atom is 0.274 e. The summed E-state index contributed by atoms with van der Waals surface area (Å²) in [7, 11) is 0. The van der Waals surface area contributed by atoms with Gasteiger partial charge in [0.2, 0.25) is 0 Å². The Hall–Kier alpha value is -2.67. The summed E-state index contributed by atoms with van der Waals surface area (Å²) in [6.07, 6.45) is 2.78. The summed E-state index contributed by atoms with van der Waals surface area (Å²) in [5, 5.41) is 8.15. The Bertz CT molecular complexity index is 953. The standard InChI is InChI=1S/C20H23N5OS/c1-13-12-17(22-20(21-13)27-4)19(26)23-18-14(2)24-25(15(18)3)11-10-16-8-6-5-7-9-16/h5-9,12H,10-11H2,1-4H3,(H,23,26). The van der Waals surface area contributed by atoms with E-state index in [4.69, 9.17) is 0 Å². The molecule has 0 bridgehead atoms. The first-order chi connectivity index (χ1) is 13.0. The summed E-state index contributed by atoms with van der Waals surface area (Å²) in [5.74, 6) is -0.246. The van der Waals surface area contributed by atoms with Gasteiger partial charge in [-0.1, -0.05) is 42.1 Å². The van der Waals surface area contributed by atoms with Crippen LogP contribution in [0, 0.1) is 20.8 Å². The number of carbonyl (C=O) groups is 1. The zero-order chi connectivity index (χ0) is 19.4. The number of amides is 1. The lowest BCUT2D eigenvalue weighted by molar-refractivity contribution is 0.102. The predicted molar refractivity (Wildman–Crippen MR) is 108 cm³/mol. The fourth-order valence-electron chi connectivity index (χ4n) is 2.90. The molecule has 0 aliphatic carbocycles. The van der Waals surface area contributed by atoms with Crippen LogP contribution >= 0.6 is 11.8 Å². The average molecular weight is 382 g/mol. The number of nitrogens with zero attached hydrogens (tertiary/aromatic N) is 4. The number of hydrogen-bond acceptors (Lipinski definition) is 5. The molecule has 3 rings (SSSR count). The lowest BCUT2D eigenvalue weighted by atomic mass is 10.1. The number of nitrogens with one attached hydrogen (secondary N) is 1. The number of benzene rings is 1. The normalized spacial score (nSPS) is 10.8. The number of carbonyl (C=O) groups excluding carboxylic acids is 1. The number of hydrogen-bond donors (Lipinski definition) is 1. The highest BCUT2D eigenvalue weighted by Gasteiger charge is 2.17. The molecule has 0 radical (unpaired) electrons. The maximum absolute atomic E-state index is 12.7. The molecule has 0 atom stereocenters. The third-order valence-corrected chi connectivity index (χ3v) is 4.87. The van der Waals surface area contributed by atoms with Crippen molar-refractivity contribution in [1.29, 1.82) is 0 Å². The molecule has 0 unspecified atom stereocenters. The van der Waals surface area contributed by atoms with E-state index < -0.39 is 0 Å². The van der Waals surface area contributed by atoms with Gasteiger partial charge in [-0.3, -0.25) is 9.48 Å². The van der Waals surface area contributed by atoms with Crippen LogP contribution in [0.15, 0.2) is 41.6 Å². The van der Waals surface area contributed by atoms with Gasteiger partial charge in [0.05, 0.1) is 17.1 Å². The lowest BCUT2D eigenvalue weighted by Gasteiger charge is -2.08. The van der Waals surface area contributed by atoms with E-state index >= 15 is 0 Å². The van der Waals surface area contributed by atoms with Gasteiger partial charge in [-0.15, -0.1) is 0 Å². The van der Waals surface area contributed by atoms with Gasteiger partial charge in [-0.05, 0) is 45.1 Å². The van der Waals surface area contributed by atoms with Crippen LogP contribution in [0.25, 0.3) is 0 Å². The van der Waals surface area contributed by atoms with E-state index in [0.717, 1.165) is 35.7 Å². The molecule has 2 aromatic heterocycles. The fourth-order valence-corrected chi connectivity index (χ4v) is 3.33. The minimum Gasteiger partial charge on any atom is -0.317 e. The van der Waals surface area contributed by atoms with Crippen LogP contribution in [0.3, 0.4) is 0 Å². The molecule has 0 spiro atoms. The number of aromatic nitrogens is 4. The molecule has 1 N–H and O–H groups in total. The monoisotopic (exact) mass is 381 g/mol. The van der Waals surface area contributed by atoms with E-state index in [1.807, 2.05) is 49.9 Å². The van der Waals surface area contributed by atoms with Crippen LogP contribution in [0.4, 0.5) is 5.69 Å². The maximum atomic E-state index is 12.7. The summed E-state index contributed by atoms with van der Waals surface area (Å²) >= 11 is 1.42. The van der Waals surface area contributed by atoms with Crippen LogP contribution in [-0.4, -0.2) is 31.9 Å². The molecule has 2 heterocycles. The molecule has 0 aliphatic heterocycles. The molecule has 3 aromatic rings. The second-order valence-corrected chi connectivity index (χ2v) is 7.11. The Kier molecular flexibility index (Phi) is 5.91.